The highest BCUT2D eigenvalue weighted by atomic mass is 16.3. The number of furan rings is 1. The van der Waals surface area contributed by atoms with Gasteiger partial charge in [-0.05, 0) is 25.0 Å². The predicted molar refractivity (Wildman–Crippen MR) is 48.9 cm³/mol. The van der Waals surface area contributed by atoms with Crippen LogP contribution in [0.1, 0.15) is 18.4 Å². The molecule has 3 heteroatoms. The molecule has 0 spiro atoms. The summed E-state index contributed by atoms with van der Waals surface area (Å²) in [7, 11) is 0. The third kappa shape index (κ3) is 2.47. The van der Waals surface area contributed by atoms with Crippen LogP contribution in [-0.4, -0.2) is 11.9 Å². The summed E-state index contributed by atoms with van der Waals surface area (Å²) in [5.41, 5.74) is 0.908. The molecule has 1 amide bonds. The van der Waals surface area contributed by atoms with Gasteiger partial charge in [0.05, 0.1) is 12.5 Å². The molecule has 1 aromatic rings. The molecular weight excluding hydrogens is 166 g/mol. The highest BCUT2D eigenvalue weighted by molar-refractivity contribution is 5.91. The van der Waals surface area contributed by atoms with E-state index in [4.69, 9.17) is 4.42 Å². The van der Waals surface area contributed by atoms with Gasteiger partial charge in [0, 0.05) is 17.7 Å². The van der Waals surface area contributed by atoms with Crippen molar-refractivity contribution in [3.63, 3.8) is 0 Å². The van der Waals surface area contributed by atoms with E-state index in [1.807, 2.05) is 0 Å². The summed E-state index contributed by atoms with van der Waals surface area (Å²) < 4.78 is 4.86. The van der Waals surface area contributed by atoms with Gasteiger partial charge in [-0.1, -0.05) is 0 Å². The van der Waals surface area contributed by atoms with Crippen LogP contribution < -0.4 is 5.32 Å². The van der Waals surface area contributed by atoms with Gasteiger partial charge < -0.3 is 9.73 Å². The highest BCUT2D eigenvalue weighted by Gasteiger charge is 2.21. The summed E-state index contributed by atoms with van der Waals surface area (Å²) in [6.45, 7) is 0. The van der Waals surface area contributed by atoms with Crippen LogP contribution in [0.5, 0.6) is 0 Å². The first-order chi connectivity index (χ1) is 6.34. The van der Waals surface area contributed by atoms with Gasteiger partial charge >= 0.3 is 0 Å². The van der Waals surface area contributed by atoms with Gasteiger partial charge in [0.25, 0.3) is 0 Å². The van der Waals surface area contributed by atoms with Crippen molar-refractivity contribution in [2.75, 3.05) is 0 Å². The van der Waals surface area contributed by atoms with E-state index in [2.05, 4.69) is 5.32 Å². The predicted octanol–water partition coefficient (Wildman–Crippen LogP) is 1.57. The van der Waals surface area contributed by atoms with Gasteiger partial charge in [-0.2, -0.15) is 0 Å². The van der Waals surface area contributed by atoms with Gasteiger partial charge in [-0.3, -0.25) is 4.79 Å². The molecule has 68 valence electrons. The quantitative estimate of drug-likeness (QED) is 0.712. The van der Waals surface area contributed by atoms with Crippen molar-refractivity contribution in [2.45, 2.75) is 18.9 Å². The smallest absolute Gasteiger partial charge is 0.244 e. The fourth-order valence-electron chi connectivity index (χ4n) is 1.02. The van der Waals surface area contributed by atoms with E-state index in [1.54, 1.807) is 24.7 Å². The van der Waals surface area contributed by atoms with E-state index in [-0.39, 0.29) is 5.91 Å². The van der Waals surface area contributed by atoms with Gasteiger partial charge in [0.1, 0.15) is 0 Å². The van der Waals surface area contributed by atoms with Crippen LogP contribution in [0.3, 0.4) is 0 Å². The molecule has 1 aromatic heterocycles. The molecule has 0 bridgehead atoms. The first-order valence-electron chi connectivity index (χ1n) is 4.35. The standard InChI is InChI=1S/C10H11NO2/c12-10(11-9-2-3-9)4-1-8-5-6-13-7-8/h1,4-7,9H,2-3H2,(H,11,12). The zero-order valence-electron chi connectivity index (χ0n) is 7.19. The summed E-state index contributed by atoms with van der Waals surface area (Å²) in [6.07, 6.45) is 8.68. The Bertz CT molecular complexity index is 310. The Hall–Kier alpha value is -1.51. The molecule has 0 saturated heterocycles. The van der Waals surface area contributed by atoms with Crippen LogP contribution in [-0.2, 0) is 4.79 Å². The second-order valence-corrected chi connectivity index (χ2v) is 3.17. The van der Waals surface area contributed by atoms with E-state index in [0.717, 1.165) is 18.4 Å². The lowest BCUT2D eigenvalue weighted by Crippen LogP contribution is -2.22. The third-order valence-corrected chi connectivity index (χ3v) is 1.89. The Balaban J connectivity index is 1.85. The maximum absolute atomic E-state index is 11.2. The molecule has 13 heavy (non-hydrogen) atoms. The Morgan fingerprint density at radius 2 is 2.46 bits per heavy atom. The zero-order valence-corrected chi connectivity index (χ0v) is 7.19. The van der Waals surface area contributed by atoms with Crippen molar-refractivity contribution in [2.24, 2.45) is 0 Å². The number of hydrogen-bond acceptors (Lipinski definition) is 2. The van der Waals surface area contributed by atoms with Gasteiger partial charge in [0.15, 0.2) is 0 Å². The molecule has 1 heterocycles. The van der Waals surface area contributed by atoms with Crippen molar-refractivity contribution in [1.82, 2.24) is 5.32 Å². The van der Waals surface area contributed by atoms with Gasteiger partial charge in [-0.25, -0.2) is 0 Å². The molecule has 0 atom stereocenters. The minimum Gasteiger partial charge on any atom is -0.472 e. The van der Waals surface area contributed by atoms with Gasteiger partial charge in [-0.15, -0.1) is 0 Å². The van der Waals surface area contributed by atoms with E-state index < -0.39 is 0 Å². The van der Waals surface area contributed by atoms with Crippen LogP contribution in [0.2, 0.25) is 0 Å². The Labute approximate surface area is 76.4 Å². The second kappa shape index (κ2) is 3.47. The summed E-state index contributed by atoms with van der Waals surface area (Å²) in [5, 5.41) is 2.86. The lowest BCUT2D eigenvalue weighted by atomic mass is 10.3. The number of carbonyl (C=O) groups is 1. The SMILES string of the molecule is O=C(C=Cc1ccoc1)NC1CC1. The fraction of sp³-hybridized carbons (Fsp3) is 0.300. The van der Waals surface area contributed by atoms with Crippen LogP contribution >= 0.6 is 0 Å². The number of carbonyl (C=O) groups excluding carboxylic acids is 1. The third-order valence-electron chi connectivity index (χ3n) is 1.89. The molecule has 1 aliphatic rings. The minimum atomic E-state index is -0.0244. The second-order valence-electron chi connectivity index (χ2n) is 3.17. The molecule has 0 radical (unpaired) electrons. The van der Waals surface area contributed by atoms with Crippen molar-refractivity contribution < 1.29 is 9.21 Å². The average molecular weight is 177 g/mol. The minimum absolute atomic E-state index is 0.0244. The molecule has 1 fully saturated rings. The maximum Gasteiger partial charge on any atom is 0.244 e. The maximum atomic E-state index is 11.2. The molecule has 1 N–H and O–H groups in total. The van der Waals surface area contributed by atoms with Crippen LogP contribution in [0, 0.1) is 0 Å². The van der Waals surface area contributed by atoms with E-state index in [9.17, 15) is 4.79 Å². The molecule has 0 aromatic carbocycles. The van der Waals surface area contributed by atoms with E-state index in [0.29, 0.717) is 6.04 Å². The van der Waals surface area contributed by atoms with Crippen LogP contribution in [0.4, 0.5) is 0 Å². The van der Waals surface area contributed by atoms with Crippen LogP contribution in [0.15, 0.2) is 29.1 Å². The average Bonchev–Trinajstić information content (AvgIpc) is 2.78. The lowest BCUT2D eigenvalue weighted by Gasteiger charge is -1.95. The first kappa shape index (κ1) is 8.10. The van der Waals surface area contributed by atoms with Gasteiger partial charge in [0.2, 0.25) is 5.91 Å². The lowest BCUT2D eigenvalue weighted by molar-refractivity contribution is -0.116. The topological polar surface area (TPSA) is 42.2 Å². The first-order valence-corrected chi connectivity index (χ1v) is 4.35. The molecule has 2 rings (SSSR count). The molecule has 0 aliphatic heterocycles. The zero-order chi connectivity index (χ0) is 9.10. The molecule has 1 aliphatic carbocycles. The monoisotopic (exact) mass is 177 g/mol. The Morgan fingerprint density at radius 3 is 3.08 bits per heavy atom. The van der Waals surface area contributed by atoms with Crippen molar-refractivity contribution in [1.29, 1.82) is 0 Å². The summed E-state index contributed by atoms with van der Waals surface area (Å²) in [5.74, 6) is -0.0244. The molecule has 3 nitrogen and oxygen atoms in total. The molecular formula is C10H11NO2. The summed E-state index contributed by atoms with van der Waals surface area (Å²) in [6, 6.07) is 2.22. The van der Waals surface area contributed by atoms with Crippen molar-refractivity contribution >= 4 is 12.0 Å². The van der Waals surface area contributed by atoms with E-state index >= 15 is 0 Å². The normalized spacial score (nSPS) is 16.3. The summed E-state index contributed by atoms with van der Waals surface area (Å²) >= 11 is 0. The molecule has 0 unspecified atom stereocenters. The molecule has 1 saturated carbocycles. The van der Waals surface area contributed by atoms with E-state index in [1.165, 1.54) is 6.08 Å². The largest absolute Gasteiger partial charge is 0.472 e. The van der Waals surface area contributed by atoms with Crippen LogP contribution in [0.25, 0.3) is 6.08 Å². The Kier molecular flexibility index (Phi) is 2.17. The van der Waals surface area contributed by atoms with Crippen molar-refractivity contribution in [3.8, 4) is 0 Å². The fourth-order valence-corrected chi connectivity index (χ4v) is 1.02. The number of amides is 1. The Morgan fingerprint density at radius 1 is 1.62 bits per heavy atom. The summed E-state index contributed by atoms with van der Waals surface area (Å²) in [4.78, 5) is 11.2. The van der Waals surface area contributed by atoms with Crippen molar-refractivity contribution in [3.05, 3.63) is 30.2 Å². The number of hydrogen-bond donors (Lipinski definition) is 1. The number of nitrogens with one attached hydrogen (secondary N) is 1. The highest BCUT2D eigenvalue weighted by Crippen LogP contribution is 2.18. The number of rotatable bonds is 3.